The topological polar surface area (TPSA) is 64.2 Å². The second-order valence-electron chi connectivity index (χ2n) is 5.98. The zero-order valence-corrected chi connectivity index (χ0v) is 13.0. The Morgan fingerprint density at radius 1 is 1.39 bits per heavy atom. The third-order valence-corrected chi connectivity index (χ3v) is 4.31. The number of hydrogen-bond acceptors (Lipinski definition) is 4. The molecule has 4 heterocycles. The van der Waals surface area contributed by atoms with Crippen LogP contribution in [0, 0.1) is 6.92 Å². The van der Waals surface area contributed by atoms with Crippen LogP contribution in [0.4, 0.5) is 0 Å². The van der Waals surface area contributed by atoms with E-state index in [4.69, 9.17) is 4.42 Å². The average molecular weight is 310 g/mol. The molecular weight excluding hydrogens is 292 g/mol. The molecule has 1 saturated heterocycles. The van der Waals surface area contributed by atoms with Crippen LogP contribution in [-0.2, 0) is 0 Å². The third kappa shape index (κ3) is 2.60. The number of nitrogens with zero attached hydrogens (tertiary/aromatic N) is 4. The summed E-state index contributed by atoms with van der Waals surface area (Å²) in [6, 6.07) is 7.62. The highest BCUT2D eigenvalue weighted by atomic mass is 16.3. The van der Waals surface area contributed by atoms with Gasteiger partial charge < -0.3 is 9.32 Å². The van der Waals surface area contributed by atoms with E-state index in [9.17, 15) is 4.79 Å². The zero-order valence-electron chi connectivity index (χ0n) is 13.0. The van der Waals surface area contributed by atoms with Gasteiger partial charge in [0, 0.05) is 37.2 Å². The lowest BCUT2D eigenvalue weighted by atomic mass is 10.1. The fraction of sp³-hybridized carbons (Fsp3) is 0.353. The van der Waals surface area contributed by atoms with E-state index >= 15 is 0 Å². The summed E-state index contributed by atoms with van der Waals surface area (Å²) in [4.78, 5) is 19.0. The standard InChI is InChI=1S/C17H18N4O2/c1-12-5-6-15-14(19-12)10-16(23-15)17(22)20-8-2-4-13(11-20)21-9-3-7-18-21/h3,5-7,9-10,13H,2,4,8,11H2,1H3/t13-/m0/s1. The van der Waals surface area contributed by atoms with Gasteiger partial charge in [0.05, 0.1) is 6.04 Å². The van der Waals surface area contributed by atoms with E-state index in [1.807, 2.05) is 40.9 Å². The van der Waals surface area contributed by atoms with Crippen molar-refractivity contribution in [2.75, 3.05) is 13.1 Å². The quantitative estimate of drug-likeness (QED) is 0.730. The summed E-state index contributed by atoms with van der Waals surface area (Å²) in [6.07, 6.45) is 5.72. The number of amides is 1. The lowest BCUT2D eigenvalue weighted by Gasteiger charge is -2.32. The summed E-state index contributed by atoms with van der Waals surface area (Å²) in [7, 11) is 0. The Morgan fingerprint density at radius 3 is 3.13 bits per heavy atom. The monoisotopic (exact) mass is 310 g/mol. The molecule has 1 fully saturated rings. The highest BCUT2D eigenvalue weighted by Gasteiger charge is 2.27. The molecule has 0 aromatic carbocycles. The first kappa shape index (κ1) is 14.0. The third-order valence-electron chi connectivity index (χ3n) is 4.31. The molecule has 0 spiro atoms. The summed E-state index contributed by atoms with van der Waals surface area (Å²) in [6.45, 7) is 3.33. The van der Waals surface area contributed by atoms with Crippen LogP contribution in [0.3, 0.4) is 0 Å². The minimum absolute atomic E-state index is 0.0718. The van der Waals surface area contributed by atoms with Crippen molar-refractivity contribution in [3.8, 4) is 0 Å². The Balaban J connectivity index is 1.57. The van der Waals surface area contributed by atoms with Gasteiger partial charge in [-0.1, -0.05) is 0 Å². The molecule has 0 saturated carbocycles. The number of likely N-dealkylation sites (tertiary alicyclic amines) is 1. The smallest absolute Gasteiger partial charge is 0.289 e. The molecule has 3 aromatic heterocycles. The molecule has 0 bridgehead atoms. The number of pyridine rings is 1. The highest BCUT2D eigenvalue weighted by Crippen LogP contribution is 2.24. The predicted octanol–water partition coefficient (Wildman–Crippen LogP) is 2.81. The van der Waals surface area contributed by atoms with Crippen molar-refractivity contribution in [2.45, 2.75) is 25.8 Å². The van der Waals surface area contributed by atoms with Crippen molar-refractivity contribution in [1.29, 1.82) is 0 Å². The number of hydrogen-bond donors (Lipinski definition) is 0. The van der Waals surface area contributed by atoms with Crippen molar-refractivity contribution in [2.24, 2.45) is 0 Å². The minimum atomic E-state index is -0.0718. The molecule has 4 rings (SSSR count). The molecule has 23 heavy (non-hydrogen) atoms. The Hall–Kier alpha value is -2.63. The van der Waals surface area contributed by atoms with Gasteiger partial charge in [-0.15, -0.1) is 0 Å². The summed E-state index contributed by atoms with van der Waals surface area (Å²) >= 11 is 0. The van der Waals surface area contributed by atoms with Gasteiger partial charge in [0.2, 0.25) is 0 Å². The van der Waals surface area contributed by atoms with Gasteiger partial charge in [0.25, 0.3) is 5.91 Å². The molecule has 1 aliphatic heterocycles. The van der Waals surface area contributed by atoms with Crippen molar-refractivity contribution >= 4 is 17.0 Å². The molecular formula is C17H18N4O2. The first-order valence-corrected chi connectivity index (χ1v) is 7.86. The van der Waals surface area contributed by atoms with Gasteiger partial charge in [0.15, 0.2) is 11.3 Å². The van der Waals surface area contributed by atoms with E-state index in [0.717, 1.165) is 30.6 Å². The number of piperidine rings is 1. The van der Waals surface area contributed by atoms with Crippen LogP contribution in [-0.4, -0.2) is 38.7 Å². The second kappa shape index (κ2) is 5.53. The van der Waals surface area contributed by atoms with Crippen LogP contribution in [0.25, 0.3) is 11.1 Å². The maximum Gasteiger partial charge on any atom is 0.289 e. The van der Waals surface area contributed by atoms with Gasteiger partial charge in [-0.05, 0) is 38.0 Å². The van der Waals surface area contributed by atoms with Crippen molar-refractivity contribution < 1.29 is 9.21 Å². The van der Waals surface area contributed by atoms with E-state index in [1.54, 1.807) is 12.3 Å². The summed E-state index contributed by atoms with van der Waals surface area (Å²) in [5, 5.41) is 4.30. The fourth-order valence-electron chi connectivity index (χ4n) is 3.14. The Labute approximate surface area is 133 Å². The predicted molar refractivity (Wildman–Crippen MR) is 85.1 cm³/mol. The summed E-state index contributed by atoms with van der Waals surface area (Å²) in [5.41, 5.74) is 2.29. The van der Waals surface area contributed by atoms with Crippen LogP contribution in [0.1, 0.15) is 35.1 Å². The first-order chi connectivity index (χ1) is 11.2. The van der Waals surface area contributed by atoms with Crippen LogP contribution in [0.2, 0.25) is 0 Å². The van der Waals surface area contributed by atoms with E-state index in [0.29, 0.717) is 17.9 Å². The number of fused-ring (bicyclic) bond motifs is 1. The normalized spacial score (nSPS) is 18.5. The largest absolute Gasteiger partial charge is 0.449 e. The fourth-order valence-corrected chi connectivity index (χ4v) is 3.14. The maximum atomic E-state index is 12.7. The molecule has 3 aromatic rings. The molecule has 118 valence electrons. The SMILES string of the molecule is Cc1ccc2oc(C(=O)N3CCC[C@H](n4cccn4)C3)cc2n1. The Bertz CT molecular complexity index is 838. The van der Waals surface area contributed by atoms with Gasteiger partial charge in [-0.25, -0.2) is 4.98 Å². The van der Waals surface area contributed by atoms with E-state index in [-0.39, 0.29) is 11.9 Å². The summed E-state index contributed by atoms with van der Waals surface area (Å²) in [5.74, 6) is 0.289. The molecule has 0 unspecified atom stereocenters. The van der Waals surface area contributed by atoms with Crippen molar-refractivity contribution in [1.82, 2.24) is 19.7 Å². The highest BCUT2D eigenvalue weighted by molar-refractivity contribution is 5.95. The number of aromatic nitrogens is 3. The van der Waals surface area contributed by atoms with E-state index in [1.165, 1.54) is 0 Å². The molecule has 1 amide bonds. The molecule has 1 aliphatic rings. The minimum Gasteiger partial charge on any atom is -0.449 e. The number of carbonyl (C=O) groups excluding carboxylic acids is 1. The lowest BCUT2D eigenvalue weighted by Crippen LogP contribution is -2.40. The Kier molecular flexibility index (Phi) is 3.37. The number of aryl methyl sites for hydroxylation is 1. The van der Waals surface area contributed by atoms with Crippen LogP contribution in [0.5, 0.6) is 0 Å². The Morgan fingerprint density at radius 2 is 2.30 bits per heavy atom. The number of rotatable bonds is 2. The number of carbonyl (C=O) groups is 1. The maximum absolute atomic E-state index is 12.7. The van der Waals surface area contributed by atoms with Crippen LogP contribution in [0.15, 0.2) is 41.1 Å². The van der Waals surface area contributed by atoms with E-state index < -0.39 is 0 Å². The molecule has 6 nitrogen and oxygen atoms in total. The lowest BCUT2D eigenvalue weighted by molar-refractivity contribution is 0.0643. The molecule has 0 N–H and O–H groups in total. The van der Waals surface area contributed by atoms with E-state index in [2.05, 4.69) is 10.1 Å². The second-order valence-corrected chi connectivity index (χ2v) is 5.98. The van der Waals surface area contributed by atoms with Crippen molar-refractivity contribution in [3.63, 3.8) is 0 Å². The van der Waals surface area contributed by atoms with Crippen LogP contribution >= 0.6 is 0 Å². The van der Waals surface area contributed by atoms with Gasteiger partial charge in [-0.3, -0.25) is 9.48 Å². The van der Waals surface area contributed by atoms with Gasteiger partial charge in [0.1, 0.15) is 5.52 Å². The molecule has 6 heteroatoms. The molecule has 1 atom stereocenters. The average Bonchev–Trinajstić information content (AvgIpc) is 3.23. The molecule has 0 aliphatic carbocycles. The van der Waals surface area contributed by atoms with Crippen molar-refractivity contribution in [3.05, 3.63) is 48.1 Å². The van der Waals surface area contributed by atoms with Gasteiger partial charge in [-0.2, -0.15) is 5.10 Å². The first-order valence-electron chi connectivity index (χ1n) is 7.86. The molecule has 0 radical (unpaired) electrons. The van der Waals surface area contributed by atoms with Crippen LogP contribution < -0.4 is 0 Å². The number of furan rings is 1. The summed E-state index contributed by atoms with van der Waals surface area (Å²) < 4.78 is 7.62. The zero-order chi connectivity index (χ0) is 15.8. The van der Waals surface area contributed by atoms with Gasteiger partial charge >= 0.3 is 0 Å².